The van der Waals surface area contributed by atoms with Gasteiger partial charge in [-0.3, -0.25) is 0 Å². The van der Waals surface area contributed by atoms with Crippen LogP contribution in [0.1, 0.15) is 33.3 Å². The number of hydrogen-bond donors (Lipinski definition) is 1. The molecule has 2 nitrogen and oxygen atoms in total. The van der Waals surface area contributed by atoms with Crippen molar-refractivity contribution in [2.75, 3.05) is 7.11 Å². The average Bonchev–Trinajstić information content (AvgIpc) is 2.60. The average molecular weight is 336 g/mol. The highest BCUT2D eigenvalue weighted by atomic mass is 16.5. The highest BCUT2D eigenvalue weighted by Crippen LogP contribution is 2.29. The zero-order valence-electron chi connectivity index (χ0n) is 15.8. The zero-order valence-corrected chi connectivity index (χ0v) is 15.8. The summed E-state index contributed by atoms with van der Waals surface area (Å²) in [6, 6.07) is 19.2. The molecule has 0 heterocycles. The number of benzene rings is 3. The highest BCUT2D eigenvalue weighted by Gasteiger charge is 2.34. The van der Waals surface area contributed by atoms with Gasteiger partial charge in [-0.05, 0) is 60.9 Å². The van der Waals surface area contributed by atoms with Gasteiger partial charge >= 0.3 is 0 Å². The minimum atomic E-state index is -0.776. The van der Waals surface area contributed by atoms with E-state index in [-0.39, 0.29) is 0 Å². The van der Waals surface area contributed by atoms with Crippen LogP contribution in [0.2, 0.25) is 0 Å². The normalized spacial score (nSPS) is 11.9. The molecule has 0 aliphatic rings. The molecule has 0 unspecified atom stereocenters. The van der Waals surface area contributed by atoms with E-state index in [0.29, 0.717) is 0 Å². The summed E-state index contributed by atoms with van der Waals surface area (Å²) in [7, 11) is 1.60. The summed E-state index contributed by atoms with van der Waals surface area (Å²) in [4.78, 5) is 0. The van der Waals surface area contributed by atoms with E-state index in [1.54, 1.807) is 21.0 Å². The predicted octanol–water partition coefficient (Wildman–Crippen LogP) is 5.82. The Bertz CT molecular complexity index is 870. The smallest absolute Gasteiger partial charge is 0.0902 e. The number of methoxy groups -OCH3 is 1. The second kappa shape index (κ2) is 7.38. The number of hydrogen-bond acceptors (Lipinski definition) is 2. The Labute approximate surface area is 150 Å². The van der Waals surface area contributed by atoms with Crippen LogP contribution in [0.4, 0.5) is 0 Å². The molecule has 0 fully saturated rings. The van der Waals surface area contributed by atoms with Gasteiger partial charge < -0.3 is 9.84 Å². The topological polar surface area (TPSA) is 29.5 Å². The van der Waals surface area contributed by atoms with E-state index < -0.39 is 11.2 Å². The van der Waals surface area contributed by atoms with Gasteiger partial charge in [0.1, 0.15) is 0 Å². The Morgan fingerprint density at radius 2 is 1.40 bits per heavy atom. The number of fused-ring (bicyclic) bond motifs is 3. The quantitative estimate of drug-likeness (QED) is 0.611. The van der Waals surface area contributed by atoms with E-state index in [0.717, 1.165) is 0 Å². The molecule has 0 bridgehead atoms. The molecular weight excluding hydrogens is 308 g/mol. The van der Waals surface area contributed by atoms with Crippen LogP contribution in [0.15, 0.2) is 61.2 Å². The third-order valence-electron chi connectivity index (χ3n) is 5.00. The van der Waals surface area contributed by atoms with Crippen LogP contribution in [0.5, 0.6) is 0 Å². The number of rotatable bonds is 3. The van der Waals surface area contributed by atoms with Gasteiger partial charge in [0.15, 0.2) is 0 Å². The molecule has 1 N–H and O–H groups in total. The van der Waals surface area contributed by atoms with Crippen LogP contribution in [0.3, 0.4) is 0 Å². The summed E-state index contributed by atoms with van der Waals surface area (Å²) in [5.41, 5.74) is -0.0383. The van der Waals surface area contributed by atoms with Gasteiger partial charge in [-0.25, -0.2) is 0 Å². The molecule has 0 aromatic heterocycles. The predicted molar refractivity (Wildman–Crippen MR) is 109 cm³/mol. The first kappa shape index (κ1) is 19.2. The van der Waals surface area contributed by atoms with Gasteiger partial charge in [-0.1, -0.05) is 61.2 Å². The lowest BCUT2D eigenvalue weighted by atomic mass is 9.90. The third-order valence-corrected chi connectivity index (χ3v) is 5.00. The second-order valence-electron chi connectivity index (χ2n) is 7.21. The molecule has 0 aliphatic heterocycles. The minimum absolute atomic E-state index is 0.465. The molecular formula is C23H28O2. The van der Waals surface area contributed by atoms with Crippen LogP contribution in [0.25, 0.3) is 27.6 Å². The van der Waals surface area contributed by atoms with E-state index in [1.807, 2.05) is 19.9 Å². The highest BCUT2D eigenvalue weighted by molar-refractivity contribution is 6.10. The lowest BCUT2D eigenvalue weighted by Crippen LogP contribution is -2.46. The first-order valence-electron chi connectivity index (χ1n) is 8.51. The van der Waals surface area contributed by atoms with Crippen molar-refractivity contribution < 1.29 is 9.84 Å². The maximum absolute atomic E-state index is 9.42. The molecule has 3 aromatic rings. The van der Waals surface area contributed by atoms with Crippen molar-refractivity contribution >= 4 is 27.6 Å². The van der Waals surface area contributed by atoms with Crippen molar-refractivity contribution in [1.29, 1.82) is 0 Å². The number of ether oxygens (including phenoxy) is 1. The van der Waals surface area contributed by atoms with Crippen molar-refractivity contribution in [3.05, 3.63) is 66.7 Å². The van der Waals surface area contributed by atoms with E-state index in [1.165, 1.54) is 27.1 Å². The van der Waals surface area contributed by atoms with E-state index in [9.17, 15) is 5.11 Å². The van der Waals surface area contributed by atoms with Gasteiger partial charge in [0, 0.05) is 7.11 Å². The molecule has 3 aromatic carbocycles. The summed E-state index contributed by atoms with van der Waals surface area (Å²) in [6.45, 7) is 11.1. The zero-order chi connectivity index (χ0) is 18.7. The fourth-order valence-corrected chi connectivity index (χ4v) is 2.50. The van der Waals surface area contributed by atoms with Crippen LogP contribution >= 0.6 is 0 Å². The standard InChI is InChI=1S/C16H12.C7H16O2/c1-2-12-11-13-7-3-4-9-15(13)16-10-6-5-8-14(12)16;1-6(2,8)7(3,4)9-5/h2-11H,1H2;8H,1-5H3. The van der Waals surface area contributed by atoms with Crippen molar-refractivity contribution in [1.82, 2.24) is 0 Å². The summed E-state index contributed by atoms with van der Waals surface area (Å²) >= 11 is 0. The maximum Gasteiger partial charge on any atom is 0.0902 e. The fraction of sp³-hybridized carbons (Fsp3) is 0.304. The molecule has 3 rings (SSSR count). The van der Waals surface area contributed by atoms with E-state index >= 15 is 0 Å². The van der Waals surface area contributed by atoms with Crippen molar-refractivity contribution in [2.24, 2.45) is 0 Å². The summed E-state index contributed by atoms with van der Waals surface area (Å²) in [6.07, 6.45) is 1.93. The minimum Gasteiger partial charge on any atom is -0.387 e. The van der Waals surface area contributed by atoms with Crippen LogP contribution < -0.4 is 0 Å². The fourth-order valence-electron chi connectivity index (χ4n) is 2.50. The Kier molecular flexibility index (Phi) is 5.66. The number of aliphatic hydroxyl groups is 1. The molecule has 0 spiro atoms. The summed E-state index contributed by atoms with van der Waals surface area (Å²) < 4.78 is 5.05. The Balaban J connectivity index is 0.000000217. The Morgan fingerprint density at radius 1 is 0.880 bits per heavy atom. The molecule has 0 aliphatic carbocycles. The van der Waals surface area contributed by atoms with Gasteiger partial charge in [0.2, 0.25) is 0 Å². The summed E-state index contributed by atoms with van der Waals surface area (Å²) in [5.74, 6) is 0. The van der Waals surface area contributed by atoms with Crippen molar-refractivity contribution in [3.8, 4) is 0 Å². The SMILES string of the molecule is C=Cc1cc2ccccc2c2ccccc12.COC(C)(C)C(C)(C)O. The second-order valence-corrected chi connectivity index (χ2v) is 7.21. The lowest BCUT2D eigenvalue weighted by molar-refractivity contribution is -0.129. The molecule has 25 heavy (non-hydrogen) atoms. The van der Waals surface area contributed by atoms with Crippen molar-refractivity contribution in [2.45, 2.75) is 38.9 Å². The molecule has 0 radical (unpaired) electrons. The molecule has 2 heteroatoms. The first-order valence-corrected chi connectivity index (χ1v) is 8.51. The monoisotopic (exact) mass is 336 g/mol. The first-order chi connectivity index (χ1) is 11.7. The van der Waals surface area contributed by atoms with E-state index in [4.69, 9.17) is 4.74 Å². The molecule has 132 valence electrons. The largest absolute Gasteiger partial charge is 0.387 e. The molecule has 0 amide bonds. The van der Waals surface area contributed by atoms with Crippen LogP contribution in [-0.2, 0) is 4.74 Å². The maximum atomic E-state index is 9.42. The van der Waals surface area contributed by atoms with Gasteiger partial charge in [0.05, 0.1) is 11.2 Å². The third kappa shape index (κ3) is 4.09. The van der Waals surface area contributed by atoms with Gasteiger partial charge in [-0.15, -0.1) is 0 Å². The lowest BCUT2D eigenvalue weighted by Gasteiger charge is -2.35. The molecule has 0 saturated carbocycles. The Hall–Kier alpha value is -2.16. The van der Waals surface area contributed by atoms with Gasteiger partial charge in [0.25, 0.3) is 0 Å². The summed E-state index contributed by atoms with van der Waals surface area (Å²) in [5, 5.41) is 14.6. The Morgan fingerprint density at radius 3 is 1.88 bits per heavy atom. The molecule has 0 atom stereocenters. The molecule has 0 saturated heterocycles. The van der Waals surface area contributed by atoms with Crippen molar-refractivity contribution in [3.63, 3.8) is 0 Å². The van der Waals surface area contributed by atoms with Crippen LogP contribution in [0, 0.1) is 0 Å². The van der Waals surface area contributed by atoms with Crippen LogP contribution in [-0.4, -0.2) is 23.4 Å². The van der Waals surface area contributed by atoms with E-state index in [2.05, 4.69) is 61.2 Å². The van der Waals surface area contributed by atoms with Gasteiger partial charge in [-0.2, -0.15) is 0 Å².